The van der Waals surface area contributed by atoms with Crippen LogP contribution in [0.1, 0.15) is 28.0 Å². The lowest BCUT2D eigenvalue weighted by atomic mass is 10.1. The summed E-state index contributed by atoms with van der Waals surface area (Å²) in [5, 5.41) is 0. The molecule has 29 heavy (non-hydrogen) atoms. The molecule has 150 valence electrons. The van der Waals surface area contributed by atoms with Crippen molar-refractivity contribution in [1.82, 2.24) is 4.90 Å². The summed E-state index contributed by atoms with van der Waals surface area (Å²) in [6.45, 7) is 1.31. The average Bonchev–Trinajstić information content (AvgIpc) is 3.22. The Morgan fingerprint density at radius 3 is 2.41 bits per heavy atom. The number of carbonyl (C=O) groups is 1. The largest absolute Gasteiger partial charge is 0.486 e. The van der Waals surface area contributed by atoms with E-state index in [-0.39, 0.29) is 36.0 Å². The van der Waals surface area contributed by atoms with E-state index < -0.39 is 0 Å². The van der Waals surface area contributed by atoms with Crippen molar-refractivity contribution >= 4 is 5.91 Å². The standard InChI is InChI=1S/C22H19F2NO4/c23-16-3-1-15(2-4-16)21-13-25(11-12-27-21)22(26)20-10-9-19(29-20)14-28-18-7-5-17(24)6-8-18/h1-10,21H,11-14H2. The fourth-order valence-corrected chi connectivity index (χ4v) is 3.12. The highest BCUT2D eigenvalue weighted by Crippen LogP contribution is 2.24. The summed E-state index contributed by atoms with van der Waals surface area (Å²) in [4.78, 5) is 14.4. The predicted octanol–water partition coefficient (Wildman–Crippen LogP) is 4.35. The first-order valence-electron chi connectivity index (χ1n) is 9.22. The minimum Gasteiger partial charge on any atom is -0.486 e. The minimum atomic E-state index is -0.340. The summed E-state index contributed by atoms with van der Waals surface area (Å²) in [5.74, 6) is 0.305. The van der Waals surface area contributed by atoms with Gasteiger partial charge in [-0.25, -0.2) is 8.78 Å². The van der Waals surface area contributed by atoms with Crippen LogP contribution in [-0.2, 0) is 11.3 Å². The summed E-state index contributed by atoms with van der Waals surface area (Å²) in [6, 6.07) is 15.0. The molecule has 7 heteroatoms. The molecule has 1 aromatic heterocycles. The van der Waals surface area contributed by atoms with Crippen LogP contribution >= 0.6 is 0 Å². The number of hydrogen-bond acceptors (Lipinski definition) is 4. The summed E-state index contributed by atoms with van der Waals surface area (Å²) in [7, 11) is 0. The number of amides is 1. The van der Waals surface area contributed by atoms with Gasteiger partial charge >= 0.3 is 0 Å². The van der Waals surface area contributed by atoms with Crippen molar-refractivity contribution in [1.29, 1.82) is 0 Å². The average molecular weight is 399 g/mol. The lowest BCUT2D eigenvalue weighted by molar-refractivity contribution is -0.0238. The number of benzene rings is 2. The second-order valence-electron chi connectivity index (χ2n) is 6.67. The van der Waals surface area contributed by atoms with Gasteiger partial charge in [0.2, 0.25) is 0 Å². The van der Waals surface area contributed by atoms with Crippen LogP contribution < -0.4 is 4.74 Å². The lowest BCUT2D eigenvalue weighted by Crippen LogP contribution is -2.42. The molecule has 1 atom stereocenters. The number of nitrogens with zero attached hydrogens (tertiary/aromatic N) is 1. The number of morpholine rings is 1. The minimum absolute atomic E-state index is 0.125. The fourth-order valence-electron chi connectivity index (χ4n) is 3.12. The molecule has 1 aliphatic rings. The topological polar surface area (TPSA) is 51.9 Å². The Balaban J connectivity index is 1.37. The first kappa shape index (κ1) is 19.1. The van der Waals surface area contributed by atoms with Crippen LogP contribution in [-0.4, -0.2) is 30.5 Å². The van der Waals surface area contributed by atoms with Crippen LogP contribution in [0.5, 0.6) is 5.75 Å². The summed E-state index contributed by atoms with van der Waals surface area (Å²) in [5.41, 5.74) is 0.816. The zero-order chi connectivity index (χ0) is 20.2. The van der Waals surface area contributed by atoms with E-state index in [2.05, 4.69) is 0 Å². The molecule has 0 spiro atoms. The van der Waals surface area contributed by atoms with Crippen molar-refractivity contribution in [3.05, 3.63) is 89.4 Å². The third-order valence-corrected chi connectivity index (χ3v) is 4.66. The smallest absolute Gasteiger partial charge is 0.289 e. The van der Waals surface area contributed by atoms with Gasteiger partial charge in [0.25, 0.3) is 5.91 Å². The predicted molar refractivity (Wildman–Crippen MR) is 100 cm³/mol. The molecule has 1 saturated heterocycles. The van der Waals surface area contributed by atoms with Gasteiger partial charge in [0, 0.05) is 6.54 Å². The van der Waals surface area contributed by atoms with E-state index in [1.165, 1.54) is 36.4 Å². The van der Waals surface area contributed by atoms with Gasteiger partial charge in [-0.05, 0) is 54.1 Å². The van der Waals surface area contributed by atoms with Crippen LogP contribution in [0.25, 0.3) is 0 Å². The highest BCUT2D eigenvalue weighted by molar-refractivity contribution is 5.91. The molecule has 5 nitrogen and oxygen atoms in total. The van der Waals surface area contributed by atoms with Crippen molar-refractivity contribution in [2.75, 3.05) is 19.7 Å². The highest BCUT2D eigenvalue weighted by Gasteiger charge is 2.27. The van der Waals surface area contributed by atoms with Gasteiger partial charge in [0.05, 0.1) is 13.2 Å². The summed E-state index contributed by atoms with van der Waals surface area (Å²) < 4.78 is 42.9. The van der Waals surface area contributed by atoms with E-state index in [4.69, 9.17) is 13.9 Å². The Kier molecular flexibility index (Phi) is 5.57. The first-order chi connectivity index (χ1) is 14.1. The molecule has 1 fully saturated rings. The number of rotatable bonds is 5. The van der Waals surface area contributed by atoms with E-state index in [0.717, 1.165) is 5.56 Å². The van der Waals surface area contributed by atoms with Gasteiger partial charge in [-0.3, -0.25) is 4.79 Å². The number of furan rings is 1. The Bertz CT molecular complexity index is 969. The number of carbonyl (C=O) groups excluding carboxylic acids is 1. The maximum absolute atomic E-state index is 13.1. The Morgan fingerprint density at radius 1 is 1.00 bits per heavy atom. The van der Waals surface area contributed by atoms with Gasteiger partial charge in [0.15, 0.2) is 5.76 Å². The van der Waals surface area contributed by atoms with E-state index in [9.17, 15) is 13.6 Å². The molecule has 1 amide bonds. The molecule has 0 N–H and O–H groups in total. The molecular formula is C22H19F2NO4. The summed E-state index contributed by atoms with van der Waals surface area (Å²) >= 11 is 0. The molecule has 1 aliphatic heterocycles. The van der Waals surface area contributed by atoms with E-state index in [1.807, 2.05) is 0 Å². The van der Waals surface area contributed by atoms with Crippen LogP contribution in [0, 0.1) is 11.6 Å². The fraction of sp³-hybridized carbons (Fsp3) is 0.227. The Hall–Kier alpha value is -3.19. The lowest BCUT2D eigenvalue weighted by Gasteiger charge is -2.32. The van der Waals surface area contributed by atoms with E-state index in [1.54, 1.807) is 29.2 Å². The Labute approximate surface area is 166 Å². The van der Waals surface area contributed by atoms with Gasteiger partial charge in [0.1, 0.15) is 35.9 Å². The van der Waals surface area contributed by atoms with Gasteiger partial charge in [-0.15, -0.1) is 0 Å². The summed E-state index contributed by atoms with van der Waals surface area (Å²) in [6.07, 6.45) is -0.315. The second-order valence-corrected chi connectivity index (χ2v) is 6.67. The van der Waals surface area contributed by atoms with Crippen LogP contribution in [0.15, 0.2) is 65.1 Å². The molecule has 1 unspecified atom stereocenters. The van der Waals surface area contributed by atoms with Crippen molar-refractivity contribution in [3.8, 4) is 5.75 Å². The maximum Gasteiger partial charge on any atom is 0.289 e. The van der Waals surface area contributed by atoms with Crippen LogP contribution in [0.2, 0.25) is 0 Å². The van der Waals surface area contributed by atoms with Crippen molar-refractivity contribution in [2.45, 2.75) is 12.7 Å². The molecule has 0 saturated carbocycles. The monoisotopic (exact) mass is 399 g/mol. The third-order valence-electron chi connectivity index (χ3n) is 4.66. The molecule has 3 aromatic rings. The van der Waals surface area contributed by atoms with Gasteiger partial charge < -0.3 is 18.8 Å². The van der Waals surface area contributed by atoms with E-state index in [0.29, 0.717) is 31.2 Å². The zero-order valence-corrected chi connectivity index (χ0v) is 15.5. The molecule has 2 aromatic carbocycles. The second kappa shape index (κ2) is 8.45. The first-order valence-corrected chi connectivity index (χ1v) is 9.22. The van der Waals surface area contributed by atoms with Crippen LogP contribution in [0.4, 0.5) is 8.78 Å². The molecule has 2 heterocycles. The third kappa shape index (κ3) is 4.63. The van der Waals surface area contributed by atoms with Gasteiger partial charge in [-0.2, -0.15) is 0 Å². The number of halogens is 2. The number of hydrogen-bond donors (Lipinski definition) is 0. The van der Waals surface area contributed by atoms with Crippen LogP contribution in [0.3, 0.4) is 0 Å². The van der Waals surface area contributed by atoms with E-state index >= 15 is 0 Å². The van der Waals surface area contributed by atoms with Crippen molar-refractivity contribution in [2.24, 2.45) is 0 Å². The van der Waals surface area contributed by atoms with Crippen molar-refractivity contribution in [3.63, 3.8) is 0 Å². The van der Waals surface area contributed by atoms with Crippen molar-refractivity contribution < 1.29 is 27.5 Å². The number of ether oxygens (including phenoxy) is 2. The normalized spacial score (nSPS) is 16.6. The highest BCUT2D eigenvalue weighted by atomic mass is 19.1. The molecular weight excluding hydrogens is 380 g/mol. The maximum atomic E-state index is 13.1. The Morgan fingerprint density at radius 2 is 1.69 bits per heavy atom. The molecule has 0 aliphatic carbocycles. The molecule has 0 bridgehead atoms. The van der Waals surface area contributed by atoms with Gasteiger partial charge in [-0.1, -0.05) is 12.1 Å². The zero-order valence-electron chi connectivity index (χ0n) is 15.5. The quantitative estimate of drug-likeness (QED) is 0.640. The SMILES string of the molecule is O=C(c1ccc(COc2ccc(F)cc2)o1)N1CCOC(c2ccc(F)cc2)C1. The molecule has 4 rings (SSSR count). The molecule has 0 radical (unpaired) electrons.